The van der Waals surface area contributed by atoms with Crippen molar-refractivity contribution in [2.45, 2.75) is 97.3 Å². The van der Waals surface area contributed by atoms with Crippen LogP contribution in [0.3, 0.4) is 0 Å². The van der Waals surface area contributed by atoms with Crippen molar-refractivity contribution in [1.82, 2.24) is 5.32 Å². The summed E-state index contributed by atoms with van der Waals surface area (Å²) in [7, 11) is 0. The van der Waals surface area contributed by atoms with Crippen LogP contribution in [0.25, 0.3) is 0 Å². The molecule has 0 aromatic carbocycles. The number of hydrogen-bond donors (Lipinski definition) is 3. The molecule has 0 heterocycles. The number of unbranched alkanes of at least 4 members (excludes halogenated alkanes) is 10. The maximum absolute atomic E-state index is 7.99. The van der Waals surface area contributed by atoms with Crippen molar-refractivity contribution in [3.63, 3.8) is 0 Å². The van der Waals surface area contributed by atoms with Crippen LogP contribution in [0.15, 0.2) is 0 Å². The quantitative estimate of drug-likeness (QED) is 0.364. The van der Waals surface area contributed by atoms with Crippen molar-refractivity contribution in [2.24, 2.45) is 5.73 Å². The first-order valence-corrected chi connectivity index (χ1v) is 9.85. The molecule has 0 aliphatic carbocycles. The average molecular weight is 317 g/mol. The van der Waals surface area contributed by atoms with Crippen LogP contribution >= 0.6 is 0 Å². The Morgan fingerprint density at radius 2 is 1.05 bits per heavy atom. The molecule has 0 unspecified atom stereocenters. The van der Waals surface area contributed by atoms with E-state index < -0.39 is 0 Å². The largest absolute Gasteiger partial charge is 0.396 e. The Morgan fingerprint density at radius 3 is 1.36 bits per heavy atom. The Balaban J connectivity index is 0. The van der Waals surface area contributed by atoms with Crippen molar-refractivity contribution in [3.8, 4) is 0 Å². The first kappa shape index (κ1) is 24.1. The van der Waals surface area contributed by atoms with Crippen molar-refractivity contribution in [2.75, 3.05) is 26.2 Å². The SMILES string of the molecule is CCCCCCCCNCCCCCCCC.NCCCO. The molecule has 136 valence electrons. The summed E-state index contributed by atoms with van der Waals surface area (Å²) in [6.45, 7) is 7.85. The number of nitrogens with one attached hydrogen (secondary N) is 1. The molecule has 0 aliphatic heterocycles. The summed E-state index contributed by atoms with van der Waals surface area (Å²) in [4.78, 5) is 0. The highest BCUT2D eigenvalue weighted by Gasteiger charge is 1.92. The maximum Gasteiger partial charge on any atom is 0.0443 e. The standard InChI is InChI=1S/C16H35N.C3H9NO/c1-3-5-7-9-11-13-15-17-16-14-12-10-8-6-4-2;4-2-1-3-5/h17H,3-16H2,1-2H3;5H,1-4H2. The number of aliphatic hydroxyl groups is 1. The van der Waals surface area contributed by atoms with Crippen LogP contribution < -0.4 is 11.1 Å². The van der Waals surface area contributed by atoms with Gasteiger partial charge in [-0.1, -0.05) is 78.1 Å². The lowest BCUT2D eigenvalue weighted by molar-refractivity contribution is 0.291. The molecule has 0 saturated carbocycles. The number of aliphatic hydroxyl groups excluding tert-OH is 1. The van der Waals surface area contributed by atoms with Crippen LogP contribution in [0.4, 0.5) is 0 Å². The van der Waals surface area contributed by atoms with Gasteiger partial charge in [0.1, 0.15) is 0 Å². The van der Waals surface area contributed by atoms with Gasteiger partial charge >= 0.3 is 0 Å². The van der Waals surface area contributed by atoms with Crippen molar-refractivity contribution in [1.29, 1.82) is 0 Å². The zero-order valence-electron chi connectivity index (χ0n) is 15.5. The van der Waals surface area contributed by atoms with Gasteiger partial charge in [-0.3, -0.25) is 0 Å². The first-order chi connectivity index (χ1) is 10.8. The van der Waals surface area contributed by atoms with Crippen LogP contribution in [0.5, 0.6) is 0 Å². The first-order valence-electron chi connectivity index (χ1n) is 9.85. The molecule has 0 rings (SSSR count). The molecule has 0 bridgehead atoms. The van der Waals surface area contributed by atoms with Crippen molar-refractivity contribution in [3.05, 3.63) is 0 Å². The van der Waals surface area contributed by atoms with E-state index in [-0.39, 0.29) is 6.61 Å². The van der Waals surface area contributed by atoms with Crippen LogP contribution in [0.1, 0.15) is 97.3 Å². The molecule has 0 saturated heterocycles. The monoisotopic (exact) mass is 316 g/mol. The summed E-state index contributed by atoms with van der Waals surface area (Å²) in [5.74, 6) is 0. The fourth-order valence-electron chi connectivity index (χ4n) is 2.28. The molecular formula is C19H44N2O. The van der Waals surface area contributed by atoms with Gasteiger partial charge in [0, 0.05) is 6.61 Å². The molecule has 0 aromatic heterocycles. The third-order valence-electron chi connectivity index (χ3n) is 3.78. The van der Waals surface area contributed by atoms with E-state index in [1.807, 2.05) is 0 Å². The number of nitrogens with two attached hydrogens (primary N) is 1. The van der Waals surface area contributed by atoms with E-state index in [4.69, 9.17) is 10.8 Å². The molecule has 0 fully saturated rings. The Bertz CT molecular complexity index is 150. The van der Waals surface area contributed by atoms with Gasteiger partial charge in [-0.15, -0.1) is 0 Å². The Kier molecular flexibility index (Phi) is 28.3. The zero-order chi connectivity index (χ0) is 16.7. The Morgan fingerprint density at radius 1 is 0.636 bits per heavy atom. The lowest BCUT2D eigenvalue weighted by Crippen LogP contribution is -2.16. The van der Waals surface area contributed by atoms with E-state index in [2.05, 4.69) is 19.2 Å². The lowest BCUT2D eigenvalue weighted by atomic mass is 10.1. The van der Waals surface area contributed by atoms with Gasteiger partial charge in [0.25, 0.3) is 0 Å². The molecule has 3 heteroatoms. The highest BCUT2D eigenvalue weighted by atomic mass is 16.2. The smallest absolute Gasteiger partial charge is 0.0443 e. The predicted molar refractivity (Wildman–Crippen MR) is 100 cm³/mol. The second-order valence-electron chi connectivity index (χ2n) is 6.15. The number of rotatable bonds is 16. The van der Waals surface area contributed by atoms with Gasteiger partial charge in [-0.25, -0.2) is 0 Å². The minimum absolute atomic E-state index is 0.219. The van der Waals surface area contributed by atoms with Gasteiger partial charge in [-0.05, 0) is 38.9 Å². The molecule has 0 aliphatic rings. The third kappa shape index (κ3) is 28.1. The lowest BCUT2D eigenvalue weighted by Gasteiger charge is -2.04. The van der Waals surface area contributed by atoms with Crippen molar-refractivity contribution < 1.29 is 5.11 Å². The maximum atomic E-state index is 7.99. The molecular weight excluding hydrogens is 272 g/mol. The van der Waals surface area contributed by atoms with E-state index in [0.29, 0.717) is 6.54 Å². The van der Waals surface area contributed by atoms with Crippen LogP contribution in [0.2, 0.25) is 0 Å². The molecule has 22 heavy (non-hydrogen) atoms. The second-order valence-corrected chi connectivity index (χ2v) is 6.15. The fraction of sp³-hybridized carbons (Fsp3) is 1.00. The molecule has 0 aromatic rings. The van der Waals surface area contributed by atoms with Gasteiger partial charge in [0.15, 0.2) is 0 Å². The molecule has 0 radical (unpaired) electrons. The van der Waals surface area contributed by atoms with E-state index in [1.165, 1.54) is 90.1 Å². The highest BCUT2D eigenvalue weighted by molar-refractivity contribution is 4.51. The fourth-order valence-corrected chi connectivity index (χ4v) is 2.28. The molecule has 3 nitrogen and oxygen atoms in total. The van der Waals surface area contributed by atoms with Gasteiger partial charge in [0.05, 0.1) is 0 Å². The molecule has 4 N–H and O–H groups in total. The summed E-state index contributed by atoms with van der Waals surface area (Å²) in [6, 6.07) is 0. The summed E-state index contributed by atoms with van der Waals surface area (Å²) >= 11 is 0. The predicted octanol–water partition coefficient (Wildman–Crippen LogP) is 4.62. The van der Waals surface area contributed by atoms with Gasteiger partial charge in [-0.2, -0.15) is 0 Å². The number of hydrogen-bond acceptors (Lipinski definition) is 3. The highest BCUT2D eigenvalue weighted by Crippen LogP contribution is 2.05. The normalized spacial score (nSPS) is 10.4. The van der Waals surface area contributed by atoms with Crippen molar-refractivity contribution >= 4 is 0 Å². The minimum atomic E-state index is 0.219. The van der Waals surface area contributed by atoms with E-state index in [1.54, 1.807) is 0 Å². The van der Waals surface area contributed by atoms with Crippen LogP contribution in [0, 0.1) is 0 Å². The molecule has 0 atom stereocenters. The van der Waals surface area contributed by atoms with Gasteiger partial charge in [0.2, 0.25) is 0 Å². The molecule has 0 amide bonds. The summed E-state index contributed by atoms with van der Waals surface area (Å²) in [5, 5.41) is 11.6. The van der Waals surface area contributed by atoms with Gasteiger partial charge < -0.3 is 16.2 Å². The summed E-state index contributed by atoms with van der Waals surface area (Å²) < 4.78 is 0. The van der Waals surface area contributed by atoms with Crippen LogP contribution in [-0.2, 0) is 0 Å². The zero-order valence-corrected chi connectivity index (χ0v) is 15.5. The Hall–Kier alpha value is -0.120. The van der Waals surface area contributed by atoms with E-state index in [9.17, 15) is 0 Å². The van der Waals surface area contributed by atoms with Crippen LogP contribution in [-0.4, -0.2) is 31.3 Å². The third-order valence-corrected chi connectivity index (χ3v) is 3.78. The molecule has 0 spiro atoms. The topological polar surface area (TPSA) is 58.3 Å². The van der Waals surface area contributed by atoms with E-state index in [0.717, 1.165) is 6.42 Å². The second kappa shape index (κ2) is 25.8. The van der Waals surface area contributed by atoms with E-state index >= 15 is 0 Å². The summed E-state index contributed by atoms with van der Waals surface area (Å²) in [5.41, 5.74) is 4.98. The minimum Gasteiger partial charge on any atom is -0.396 e. The summed E-state index contributed by atoms with van der Waals surface area (Å²) in [6.07, 6.45) is 17.6. The Labute approximate surface area is 140 Å². The average Bonchev–Trinajstić information content (AvgIpc) is 2.53.